The fourth-order valence-electron chi connectivity index (χ4n) is 7.61. The summed E-state index contributed by atoms with van der Waals surface area (Å²) < 4.78 is 33.6. The topological polar surface area (TPSA) is 174 Å². The van der Waals surface area contributed by atoms with Gasteiger partial charge in [-0.25, -0.2) is 4.79 Å². The van der Waals surface area contributed by atoms with Crippen LogP contribution in [0.2, 0.25) is 0 Å². The fourth-order valence-corrected chi connectivity index (χ4v) is 7.61. The first-order valence-electron chi connectivity index (χ1n) is 13.4. The predicted octanol–water partition coefficient (Wildman–Crippen LogP) is 0.453. The number of cyclic esters (lactones) is 1. The summed E-state index contributed by atoms with van der Waals surface area (Å²) in [4.78, 5) is 26.3. The van der Waals surface area contributed by atoms with E-state index < -0.39 is 78.3 Å². The third-order valence-corrected chi connectivity index (χ3v) is 9.46. The van der Waals surface area contributed by atoms with E-state index in [9.17, 15) is 30.0 Å². The second kappa shape index (κ2) is 10.7. The maximum absolute atomic E-state index is 13.4. The van der Waals surface area contributed by atoms with Gasteiger partial charge in [-0.15, -0.1) is 0 Å². The van der Waals surface area contributed by atoms with Gasteiger partial charge in [0.1, 0.15) is 30.5 Å². The fraction of sp³-hybridized carbons (Fsp3) is 0.778. The van der Waals surface area contributed by atoms with E-state index in [1.54, 1.807) is 12.3 Å². The minimum Gasteiger partial charge on any atom is -0.472 e. The number of hydrogen-bond acceptors (Lipinski definition) is 12. The maximum Gasteiger partial charge on any atom is 0.335 e. The first kappa shape index (κ1) is 28.5. The molecule has 218 valence electrons. The molecule has 5 rings (SSSR count). The highest BCUT2D eigenvalue weighted by Gasteiger charge is 2.70. The minimum atomic E-state index is -1.53. The van der Waals surface area contributed by atoms with Crippen molar-refractivity contribution in [3.8, 4) is 0 Å². The molecule has 1 aromatic heterocycles. The van der Waals surface area contributed by atoms with E-state index in [1.165, 1.54) is 13.4 Å². The Hall–Kier alpha value is -2.06. The monoisotopic (exact) mass is 554 g/mol. The van der Waals surface area contributed by atoms with Gasteiger partial charge in [0.2, 0.25) is 0 Å². The molecule has 2 bridgehead atoms. The second-order valence-corrected chi connectivity index (χ2v) is 11.7. The van der Waals surface area contributed by atoms with Crippen LogP contribution in [0.4, 0.5) is 0 Å². The standard InChI is InChI=1S/C27H38O12/c1-26-9-14(13-6-8-35-12-13)38-23(32)18(26)15-10-27(2,22(37-15)24(33)34-3)17(26)5-4-7-36-25-21(31)20(30)19(29)16(11-28)39-25/h6,8,12,14-22,25,28-31H,4-5,7,9-11H2,1-3H3/t14-,15-,16+,17?,18-,19+,20-,21+,22+,25+,26-,27+/m0/s1. The molecule has 4 fully saturated rings. The van der Waals surface area contributed by atoms with Gasteiger partial charge < -0.3 is 48.5 Å². The van der Waals surface area contributed by atoms with Crippen LogP contribution in [-0.4, -0.2) is 95.6 Å². The molecule has 1 unspecified atom stereocenters. The molecule has 1 saturated carbocycles. The number of methoxy groups -OCH3 is 1. The number of fused-ring (bicyclic) bond motifs is 4. The zero-order chi connectivity index (χ0) is 28.1. The van der Waals surface area contributed by atoms with Crippen molar-refractivity contribution in [3.05, 3.63) is 24.2 Å². The van der Waals surface area contributed by atoms with E-state index in [0.717, 1.165) is 5.56 Å². The van der Waals surface area contributed by atoms with Crippen LogP contribution in [0, 0.1) is 22.7 Å². The molecule has 3 saturated heterocycles. The van der Waals surface area contributed by atoms with Crippen LogP contribution in [0.1, 0.15) is 51.2 Å². The minimum absolute atomic E-state index is 0.124. The first-order chi connectivity index (χ1) is 18.5. The first-order valence-corrected chi connectivity index (χ1v) is 13.4. The van der Waals surface area contributed by atoms with E-state index in [0.29, 0.717) is 25.7 Å². The number of carbonyl (C=O) groups excluding carboxylic acids is 2. The van der Waals surface area contributed by atoms with Crippen LogP contribution in [0.5, 0.6) is 0 Å². The Kier molecular flexibility index (Phi) is 7.83. The summed E-state index contributed by atoms with van der Waals surface area (Å²) in [5.74, 6) is -1.59. The number of rotatable bonds is 8. The molecule has 39 heavy (non-hydrogen) atoms. The molecule has 12 heteroatoms. The van der Waals surface area contributed by atoms with Crippen LogP contribution in [0.3, 0.4) is 0 Å². The third kappa shape index (κ3) is 4.69. The average molecular weight is 555 g/mol. The van der Waals surface area contributed by atoms with Crippen molar-refractivity contribution in [1.29, 1.82) is 0 Å². The quantitative estimate of drug-likeness (QED) is 0.258. The molecule has 4 N–H and O–H groups in total. The van der Waals surface area contributed by atoms with E-state index in [1.807, 2.05) is 6.92 Å². The highest BCUT2D eigenvalue weighted by Crippen LogP contribution is 2.66. The Labute approximate surface area is 226 Å². The number of carbonyl (C=O) groups is 2. The summed E-state index contributed by atoms with van der Waals surface area (Å²) in [7, 11) is 1.32. The molecule has 0 spiro atoms. The lowest BCUT2D eigenvalue weighted by Gasteiger charge is -2.56. The van der Waals surface area contributed by atoms with Crippen molar-refractivity contribution < 1.29 is 58.1 Å². The van der Waals surface area contributed by atoms with Gasteiger partial charge in [-0.2, -0.15) is 0 Å². The Morgan fingerprint density at radius 1 is 1.10 bits per heavy atom. The lowest BCUT2D eigenvalue weighted by molar-refractivity contribution is -0.301. The molecule has 0 amide bonds. The molecule has 4 aliphatic rings. The summed E-state index contributed by atoms with van der Waals surface area (Å²) in [5.41, 5.74) is -0.438. The van der Waals surface area contributed by atoms with E-state index >= 15 is 0 Å². The number of hydrogen-bond donors (Lipinski definition) is 4. The van der Waals surface area contributed by atoms with Gasteiger partial charge in [0, 0.05) is 17.6 Å². The molecule has 12 atom stereocenters. The normalized spacial score (nSPS) is 45.5. The number of aliphatic hydroxyl groups is 4. The molecule has 1 aliphatic carbocycles. The lowest BCUT2D eigenvalue weighted by atomic mass is 9.48. The largest absolute Gasteiger partial charge is 0.472 e. The summed E-state index contributed by atoms with van der Waals surface area (Å²) in [6.45, 7) is 3.64. The molecule has 0 radical (unpaired) electrons. The summed E-state index contributed by atoms with van der Waals surface area (Å²) >= 11 is 0. The smallest absolute Gasteiger partial charge is 0.335 e. The van der Waals surface area contributed by atoms with Crippen molar-refractivity contribution in [3.63, 3.8) is 0 Å². The maximum atomic E-state index is 13.4. The number of esters is 2. The van der Waals surface area contributed by atoms with E-state index in [-0.39, 0.29) is 18.5 Å². The zero-order valence-corrected chi connectivity index (χ0v) is 22.3. The zero-order valence-electron chi connectivity index (χ0n) is 22.3. The van der Waals surface area contributed by atoms with E-state index in [2.05, 4.69) is 6.92 Å². The van der Waals surface area contributed by atoms with Gasteiger partial charge in [0.05, 0.1) is 38.3 Å². The molecule has 12 nitrogen and oxygen atoms in total. The second-order valence-electron chi connectivity index (χ2n) is 11.7. The Balaban J connectivity index is 1.36. The van der Waals surface area contributed by atoms with Crippen molar-refractivity contribution in [2.24, 2.45) is 22.7 Å². The molecule has 0 aromatic carbocycles. The van der Waals surface area contributed by atoms with Gasteiger partial charge in [-0.1, -0.05) is 13.8 Å². The van der Waals surface area contributed by atoms with Gasteiger partial charge in [-0.3, -0.25) is 4.79 Å². The Bertz CT molecular complexity index is 1030. The lowest BCUT2D eigenvalue weighted by Crippen LogP contribution is -2.59. The van der Waals surface area contributed by atoms with Gasteiger partial charge >= 0.3 is 11.9 Å². The summed E-state index contributed by atoms with van der Waals surface area (Å²) in [6, 6.07) is 1.78. The molecular formula is C27H38O12. The average Bonchev–Trinajstić information content (AvgIpc) is 3.54. The molecule has 4 heterocycles. The summed E-state index contributed by atoms with van der Waals surface area (Å²) in [5, 5.41) is 39.8. The van der Waals surface area contributed by atoms with Crippen LogP contribution in [0.15, 0.2) is 23.0 Å². The molecular weight excluding hydrogens is 516 g/mol. The van der Waals surface area contributed by atoms with Crippen molar-refractivity contribution in [1.82, 2.24) is 0 Å². The van der Waals surface area contributed by atoms with E-state index in [4.69, 9.17) is 28.1 Å². The number of furan rings is 1. The van der Waals surface area contributed by atoms with Crippen LogP contribution in [-0.2, 0) is 33.3 Å². The Morgan fingerprint density at radius 2 is 1.87 bits per heavy atom. The van der Waals surface area contributed by atoms with Crippen molar-refractivity contribution >= 4 is 11.9 Å². The number of aliphatic hydroxyl groups excluding tert-OH is 4. The van der Waals surface area contributed by atoms with Crippen LogP contribution in [0.25, 0.3) is 0 Å². The van der Waals surface area contributed by atoms with Crippen LogP contribution >= 0.6 is 0 Å². The third-order valence-electron chi connectivity index (χ3n) is 9.46. The molecule has 3 aliphatic heterocycles. The Morgan fingerprint density at radius 3 is 2.54 bits per heavy atom. The number of ether oxygens (including phenoxy) is 5. The van der Waals surface area contributed by atoms with Crippen molar-refractivity contribution in [2.45, 2.75) is 88.5 Å². The SMILES string of the molecule is COC(=O)[C@H]1O[C@H]2C[C@]1(C)C(CCCO[C@@H]1O[C@H](CO)[C@@H](O)[C@H](O)[C@H]1O)[C@]1(C)C[C@@H](c3ccoc3)OC(=O)[C@H]21. The highest BCUT2D eigenvalue weighted by molar-refractivity contribution is 5.79. The van der Waals surface area contributed by atoms with Gasteiger partial charge in [-0.05, 0) is 43.1 Å². The van der Waals surface area contributed by atoms with Gasteiger partial charge in [0.25, 0.3) is 0 Å². The van der Waals surface area contributed by atoms with Gasteiger partial charge in [0.15, 0.2) is 12.4 Å². The summed E-state index contributed by atoms with van der Waals surface area (Å²) in [6.07, 6.45) is -3.46. The van der Waals surface area contributed by atoms with Crippen LogP contribution < -0.4 is 0 Å². The highest BCUT2D eigenvalue weighted by atomic mass is 16.7. The molecule has 1 aromatic rings. The predicted molar refractivity (Wildman–Crippen MR) is 130 cm³/mol. The van der Waals surface area contributed by atoms with Crippen molar-refractivity contribution in [2.75, 3.05) is 20.3 Å².